The number of ether oxygens (including phenoxy) is 4. The lowest BCUT2D eigenvalue weighted by Gasteiger charge is -2.24. The number of nitrogens with zero attached hydrogens (tertiary/aromatic N) is 2. The molecule has 0 saturated carbocycles. The van der Waals surface area contributed by atoms with Crippen molar-refractivity contribution < 1.29 is 67.2 Å². The highest BCUT2D eigenvalue weighted by molar-refractivity contribution is 7.98. The van der Waals surface area contributed by atoms with Crippen LogP contribution in [0.2, 0.25) is 25.7 Å². The average molecular weight is 1260 g/mol. The normalized spacial score (nSPS) is 13.2. The number of esters is 3. The number of aromatic nitrogens is 2. The van der Waals surface area contributed by atoms with Crippen molar-refractivity contribution in [2.75, 3.05) is 19.1 Å². The standard InChI is InChI=1S/C31H46N4O7S.C18H35NO4Si.C13H16N2O3S/c1-10-12-13-14-22(15-20(5)36)41-29(39)26(19(3)4)35-27(37)24(11-2)34-28(38)25-17-23(43-9)16-21(33-25)18-32-30(40)42-31(6,7)8;1-7-8-9-10-15(23-18(21)17(19)14(2)3)13-16(20)22-11-12-24(4,5)6;1-4-8-6-9(19-3)7-11(14-8)12(16)15-10(5-2)13(17)18/h11,13-14,16-17,19,22,26H,10,12,15,18H2,1-9H3,(H,32,40)(H,34,38)(H,35,37);9-10,14-15,17H,7-8,11-13,19H2,1-6H3;5-7H,4H2,1-3H3,(H,15,16)(H,17,18)/b14-13+,24-11-;10-9+;10-5+/t22-,26+;15-,17+;/m11./s1. The molecule has 480 valence electrons. The number of allylic oxidation sites excluding steroid dienone is 4. The summed E-state index contributed by atoms with van der Waals surface area (Å²) in [6, 6.07) is 6.07. The maximum atomic E-state index is 13.2. The zero-order valence-electron chi connectivity index (χ0n) is 53.9. The molecule has 2 rings (SSSR count). The van der Waals surface area contributed by atoms with Gasteiger partial charge in [-0.25, -0.2) is 24.4 Å². The molecule has 4 atom stereocenters. The van der Waals surface area contributed by atoms with Crippen molar-refractivity contribution in [3.05, 3.63) is 94.9 Å². The van der Waals surface area contributed by atoms with E-state index in [-0.39, 0.29) is 65.8 Å². The largest absolute Gasteiger partial charge is 0.477 e. The third-order valence-corrected chi connectivity index (χ3v) is 14.8. The van der Waals surface area contributed by atoms with Crippen molar-refractivity contribution in [3.63, 3.8) is 0 Å². The number of aryl methyl sites for hydroxylation is 1. The minimum Gasteiger partial charge on any atom is -0.477 e. The predicted octanol–water partition coefficient (Wildman–Crippen LogP) is 10.4. The second kappa shape index (κ2) is 41.5. The third-order valence-electron chi connectivity index (χ3n) is 11.7. The number of carboxylic acids is 1. The Kier molecular flexibility index (Phi) is 38.3. The number of hydrogen-bond acceptors (Lipinski definition) is 18. The monoisotopic (exact) mass is 1260 g/mol. The van der Waals surface area contributed by atoms with Crippen LogP contribution in [0.3, 0.4) is 0 Å². The number of thioether (sulfide) groups is 2. The first kappa shape index (κ1) is 79.4. The molecule has 0 aliphatic carbocycles. The fourth-order valence-electron chi connectivity index (χ4n) is 6.76. The molecule has 4 amide bonds. The number of Topliss-reactive ketones (excluding diaryl/α,β-unsaturated/α-hetero) is 1. The summed E-state index contributed by atoms with van der Waals surface area (Å²) in [7, 11) is -1.24. The smallest absolute Gasteiger partial charge is 0.407 e. The minimum atomic E-state index is -1.24. The lowest BCUT2D eigenvalue weighted by Crippen LogP contribution is -2.48. The van der Waals surface area contributed by atoms with Crippen molar-refractivity contribution in [2.45, 2.75) is 207 Å². The zero-order valence-corrected chi connectivity index (χ0v) is 56.5. The van der Waals surface area contributed by atoms with Crippen LogP contribution >= 0.6 is 23.5 Å². The van der Waals surface area contributed by atoms with Crippen LogP contribution in [0.4, 0.5) is 4.79 Å². The molecule has 24 heteroatoms. The van der Waals surface area contributed by atoms with Gasteiger partial charge in [0.05, 0.1) is 25.3 Å². The summed E-state index contributed by atoms with van der Waals surface area (Å²) in [5, 5.41) is 19.0. The van der Waals surface area contributed by atoms with Gasteiger partial charge in [0.1, 0.15) is 58.5 Å². The van der Waals surface area contributed by atoms with Crippen LogP contribution in [0.1, 0.15) is 161 Å². The van der Waals surface area contributed by atoms with Gasteiger partial charge in [0.15, 0.2) is 0 Å². The maximum Gasteiger partial charge on any atom is 0.407 e. The predicted molar refractivity (Wildman–Crippen MR) is 341 cm³/mol. The van der Waals surface area contributed by atoms with Crippen LogP contribution in [0.25, 0.3) is 0 Å². The number of hydrogen-bond donors (Lipinski definition) is 6. The maximum absolute atomic E-state index is 13.2. The Hall–Kier alpha value is -6.63. The lowest BCUT2D eigenvalue weighted by atomic mass is 10.0. The van der Waals surface area contributed by atoms with Gasteiger partial charge in [-0.15, -0.1) is 23.5 Å². The molecule has 0 aromatic carbocycles. The van der Waals surface area contributed by atoms with Crippen molar-refractivity contribution >= 4 is 85.1 Å². The number of nitrogens with two attached hydrogens (primary N) is 1. The SMILES string of the molecule is C/C=C(/NC(=O)c1cc(SC)cc(CC)n1)C(=O)O.C/C=C(\NC(=O)c1cc(SC)cc(CNC(=O)OC(C)(C)C)n1)C(=O)N[C@H](C(=O)O[C@H](/C=C/CCC)CC(C)=O)C(C)C.CCC/C=C/[C@H](CC(=O)OCC[Si](C)(C)C)OC(=O)[C@@H](N)C(C)C. The van der Waals surface area contributed by atoms with E-state index in [1.165, 1.54) is 42.6 Å². The number of carboxylic acid groups (broad SMARTS) is 1. The van der Waals surface area contributed by atoms with E-state index in [9.17, 15) is 43.2 Å². The molecular formula is C62H97N7O14S2Si. The number of aliphatic carboxylic acids is 1. The molecule has 0 bridgehead atoms. The second-order valence-electron chi connectivity index (χ2n) is 22.6. The summed E-state index contributed by atoms with van der Waals surface area (Å²) in [4.78, 5) is 120. The van der Waals surface area contributed by atoms with Gasteiger partial charge in [-0.05, 0) is 128 Å². The number of nitrogens with one attached hydrogen (secondary N) is 4. The number of rotatable bonds is 31. The van der Waals surface area contributed by atoms with Gasteiger partial charge in [-0.3, -0.25) is 28.8 Å². The third kappa shape index (κ3) is 34.5. The van der Waals surface area contributed by atoms with Gasteiger partial charge < -0.3 is 51.1 Å². The van der Waals surface area contributed by atoms with Crippen molar-refractivity contribution in [3.8, 4) is 0 Å². The van der Waals surface area contributed by atoms with E-state index < -0.39 is 79.7 Å². The van der Waals surface area contributed by atoms with E-state index in [0.29, 0.717) is 18.7 Å². The molecule has 0 radical (unpaired) electrons. The Morgan fingerprint density at radius 1 is 0.721 bits per heavy atom. The van der Waals surface area contributed by atoms with E-state index in [2.05, 4.69) is 57.8 Å². The average Bonchev–Trinajstić information content (AvgIpc) is 3.53. The number of pyridine rings is 2. The molecule has 0 spiro atoms. The Morgan fingerprint density at radius 3 is 1.64 bits per heavy atom. The molecule has 0 fully saturated rings. The van der Waals surface area contributed by atoms with Crippen molar-refractivity contribution in [1.29, 1.82) is 0 Å². The van der Waals surface area contributed by atoms with Gasteiger partial charge in [0, 0.05) is 30.0 Å². The molecule has 2 heterocycles. The van der Waals surface area contributed by atoms with E-state index in [0.717, 1.165) is 47.2 Å². The molecule has 0 aliphatic rings. The van der Waals surface area contributed by atoms with Crippen molar-refractivity contribution in [1.82, 2.24) is 31.2 Å². The van der Waals surface area contributed by atoms with Crippen LogP contribution in [0.5, 0.6) is 0 Å². The first-order chi connectivity index (χ1) is 40.2. The quantitative estimate of drug-likeness (QED) is 0.0102. The Morgan fingerprint density at radius 2 is 1.21 bits per heavy atom. The lowest BCUT2D eigenvalue weighted by molar-refractivity contribution is -0.155. The van der Waals surface area contributed by atoms with Crippen LogP contribution in [0, 0.1) is 11.8 Å². The zero-order chi connectivity index (χ0) is 65.9. The van der Waals surface area contributed by atoms with Gasteiger partial charge in [-0.1, -0.05) is 105 Å². The highest BCUT2D eigenvalue weighted by atomic mass is 32.2. The van der Waals surface area contributed by atoms with Gasteiger partial charge in [-0.2, -0.15) is 0 Å². The highest BCUT2D eigenvalue weighted by Gasteiger charge is 2.30. The van der Waals surface area contributed by atoms with E-state index in [1.807, 2.05) is 58.4 Å². The fraction of sp³-hybridized carbons (Fsp3) is 0.565. The summed E-state index contributed by atoms with van der Waals surface area (Å²) in [5.41, 5.74) is 6.39. The van der Waals surface area contributed by atoms with Crippen molar-refractivity contribution in [2.24, 2.45) is 17.6 Å². The Balaban J connectivity index is 0.00000141. The summed E-state index contributed by atoms with van der Waals surface area (Å²) < 4.78 is 21.5. The molecule has 2 aromatic heterocycles. The molecule has 0 unspecified atom stereocenters. The molecular weight excluding hydrogens is 1160 g/mol. The molecule has 21 nitrogen and oxygen atoms in total. The fourth-order valence-corrected chi connectivity index (χ4v) is 8.44. The summed E-state index contributed by atoms with van der Waals surface area (Å²) in [6.07, 6.45) is 16.0. The number of unbranched alkanes of at least 4 members (excludes halogenated alkanes) is 2. The number of carbonyl (C=O) groups excluding carboxylic acids is 8. The van der Waals surface area contributed by atoms with Crippen LogP contribution in [-0.2, 0) is 60.7 Å². The van der Waals surface area contributed by atoms with E-state index in [4.69, 9.17) is 29.8 Å². The second-order valence-corrected chi connectivity index (χ2v) is 30.0. The number of alkyl carbamates (subject to hydrolysis) is 1. The van der Waals surface area contributed by atoms with E-state index in [1.54, 1.807) is 78.8 Å². The first-order valence-corrected chi connectivity index (χ1v) is 35.0. The molecule has 86 heavy (non-hydrogen) atoms. The van der Waals surface area contributed by atoms with Gasteiger partial charge in [0.2, 0.25) is 0 Å². The summed E-state index contributed by atoms with van der Waals surface area (Å²) in [6.45, 7) is 30.2. The molecule has 0 saturated heterocycles. The summed E-state index contributed by atoms with van der Waals surface area (Å²) >= 11 is 2.89. The highest BCUT2D eigenvalue weighted by Crippen LogP contribution is 2.20. The van der Waals surface area contributed by atoms with Gasteiger partial charge in [0.25, 0.3) is 17.7 Å². The Labute approximate surface area is 519 Å². The molecule has 2 aromatic rings. The topological polar surface area (TPSA) is 311 Å². The Bertz CT molecular complexity index is 2660. The minimum absolute atomic E-state index is 0.0125. The summed E-state index contributed by atoms with van der Waals surface area (Å²) in [5.74, 6) is -5.03. The van der Waals surface area contributed by atoms with Crippen LogP contribution in [0.15, 0.2) is 81.9 Å². The molecule has 7 N–H and O–H groups in total. The number of amides is 4. The van der Waals surface area contributed by atoms with Crippen LogP contribution < -0.4 is 27.0 Å². The van der Waals surface area contributed by atoms with E-state index >= 15 is 0 Å². The van der Waals surface area contributed by atoms with Gasteiger partial charge >= 0.3 is 30.0 Å². The molecule has 0 aliphatic heterocycles. The number of ketones is 1. The first-order valence-electron chi connectivity index (χ1n) is 28.9. The van der Waals surface area contributed by atoms with Crippen LogP contribution in [-0.4, -0.2) is 126 Å². The number of carbonyl (C=O) groups is 9.